The summed E-state index contributed by atoms with van der Waals surface area (Å²) >= 11 is 0. The van der Waals surface area contributed by atoms with Gasteiger partial charge in [0.15, 0.2) is 0 Å². The Morgan fingerprint density at radius 2 is 1.42 bits per heavy atom. The van der Waals surface area contributed by atoms with Crippen LogP contribution in [0.3, 0.4) is 0 Å². The zero-order chi connectivity index (χ0) is 17.2. The standard InChI is InChI=1S/C21H25NO2/c1-3-15-5-9-17(10-6-15)21(24,19-13-14-20(23)22-19)18-11-7-16(4-2)8-12-18/h5-12,19,24H,3-4,13-14H2,1-2H3,(H,22,23)/t19-/m1/s1. The quantitative estimate of drug-likeness (QED) is 0.887. The zero-order valence-corrected chi connectivity index (χ0v) is 14.4. The van der Waals surface area contributed by atoms with Crippen LogP contribution >= 0.6 is 0 Å². The molecule has 1 atom stereocenters. The molecule has 2 N–H and O–H groups in total. The summed E-state index contributed by atoms with van der Waals surface area (Å²) in [6.07, 6.45) is 3.03. The third kappa shape index (κ3) is 2.96. The fraction of sp³-hybridized carbons (Fsp3) is 0.381. The summed E-state index contributed by atoms with van der Waals surface area (Å²) in [5.41, 5.74) is 2.92. The van der Waals surface area contributed by atoms with Crippen molar-refractivity contribution < 1.29 is 9.90 Å². The van der Waals surface area contributed by atoms with E-state index in [4.69, 9.17) is 0 Å². The second-order valence-electron chi connectivity index (χ2n) is 6.53. The summed E-state index contributed by atoms with van der Waals surface area (Å²) in [5.74, 6) is 0.00813. The van der Waals surface area contributed by atoms with Crippen molar-refractivity contribution in [3.05, 3.63) is 70.8 Å². The number of carbonyl (C=O) groups is 1. The van der Waals surface area contributed by atoms with E-state index in [0.29, 0.717) is 12.8 Å². The fourth-order valence-electron chi connectivity index (χ4n) is 3.49. The highest BCUT2D eigenvalue weighted by Gasteiger charge is 2.43. The molecule has 0 saturated carbocycles. The minimum absolute atomic E-state index is 0.00813. The van der Waals surface area contributed by atoms with Crippen molar-refractivity contribution in [2.45, 2.75) is 51.2 Å². The molecule has 126 valence electrons. The maximum atomic E-state index is 11.7. The molecule has 3 rings (SSSR count). The van der Waals surface area contributed by atoms with Gasteiger partial charge in [0.25, 0.3) is 0 Å². The van der Waals surface area contributed by atoms with Crippen LogP contribution < -0.4 is 5.32 Å². The SMILES string of the molecule is CCc1ccc(C(O)(c2ccc(CC)cc2)[C@H]2CCC(=O)N2)cc1. The van der Waals surface area contributed by atoms with Crippen molar-refractivity contribution in [1.29, 1.82) is 0 Å². The Kier molecular flexibility index (Phi) is 4.72. The third-order valence-corrected chi connectivity index (χ3v) is 5.10. The number of aliphatic hydroxyl groups is 1. The van der Waals surface area contributed by atoms with Gasteiger partial charge in [-0.25, -0.2) is 0 Å². The second kappa shape index (κ2) is 6.78. The maximum Gasteiger partial charge on any atom is 0.220 e. The predicted octanol–water partition coefficient (Wildman–Crippen LogP) is 3.33. The first kappa shape index (κ1) is 16.7. The van der Waals surface area contributed by atoms with Crippen LogP contribution in [0.5, 0.6) is 0 Å². The summed E-state index contributed by atoms with van der Waals surface area (Å²) in [7, 11) is 0. The Bertz CT molecular complexity index is 656. The molecule has 1 amide bonds. The number of nitrogens with one attached hydrogen (secondary N) is 1. The van der Waals surface area contributed by atoms with Crippen LogP contribution in [-0.4, -0.2) is 17.1 Å². The van der Waals surface area contributed by atoms with E-state index in [1.807, 2.05) is 24.3 Å². The largest absolute Gasteiger partial charge is 0.378 e. The van der Waals surface area contributed by atoms with Gasteiger partial charge in [-0.2, -0.15) is 0 Å². The minimum Gasteiger partial charge on any atom is -0.378 e. The van der Waals surface area contributed by atoms with E-state index in [9.17, 15) is 9.90 Å². The van der Waals surface area contributed by atoms with Crippen LogP contribution in [0, 0.1) is 0 Å². The van der Waals surface area contributed by atoms with Crippen molar-refractivity contribution in [2.24, 2.45) is 0 Å². The summed E-state index contributed by atoms with van der Waals surface area (Å²) in [6, 6.07) is 15.8. The number of aryl methyl sites for hydroxylation is 2. The molecule has 3 nitrogen and oxygen atoms in total. The van der Waals surface area contributed by atoms with Gasteiger partial charge in [-0.05, 0) is 41.5 Å². The molecular formula is C21H25NO2. The second-order valence-corrected chi connectivity index (χ2v) is 6.53. The topological polar surface area (TPSA) is 49.3 Å². The molecule has 2 aromatic rings. The highest BCUT2D eigenvalue weighted by atomic mass is 16.3. The summed E-state index contributed by atoms with van der Waals surface area (Å²) in [6.45, 7) is 4.23. The van der Waals surface area contributed by atoms with E-state index in [2.05, 4.69) is 43.4 Å². The Morgan fingerprint density at radius 3 is 1.75 bits per heavy atom. The van der Waals surface area contributed by atoms with Gasteiger partial charge >= 0.3 is 0 Å². The number of carbonyl (C=O) groups excluding carboxylic acids is 1. The molecule has 2 aromatic carbocycles. The first-order valence-corrected chi connectivity index (χ1v) is 8.78. The van der Waals surface area contributed by atoms with Crippen LogP contribution in [0.25, 0.3) is 0 Å². The Hall–Kier alpha value is -2.13. The monoisotopic (exact) mass is 323 g/mol. The molecule has 24 heavy (non-hydrogen) atoms. The molecule has 1 heterocycles. The zero-order valence-electron chi connectivity index (χ0n) is 14.4. The number of benzene rings is 2. The van der Waals surface area contributed by atoms with Gasteiger partial charge in [-0.3, -0.25) is 4.79 Å². The lowest BCUT2D eigenvalue weighted by Gasteiger charge is -2.35. The molecule has 0 bridgehead atoms. The van der Waals surface area contributed by atoms with Gasteiger partial charge in [0.1, 0.15) is 5.60 Å². The average Bonchev–Trinajstić information content (AvgIpc) is 3.08. The van der Waals surface area contributed by atoms with Crippen LogP contribution in [0.2, 0.25) is 0 Å². The van der Waals surface area contributed by atoms with Crippen LogP contribution in [-0.2, 0) is 23.2 Å². The summed E-state index contributed by atoms with van der Waals surface area (Å²) in [4.78, 5) is 11.7. The third-order valence-electron chi connectivity index (χ3n) is 5.10. The first-order valence-electron chi connectivity index (χ1n) is 8.78. The van der Waals surface area contributed by atoms with Crippen molar-refractivity contribution in [2.75, 3.05) is 0 Å². The Morgan fingerprint density at radius 1 is 0.958 bits per heavy atom. The number of hydrogen-bond acceptors (Lipinski definition) is 2. The van der Waals surface area contributed by atoms with Gasteiger partial charge < -0.3 is 10.4 Å². The van der Waals surface area contributed by atoms with E-state index in [0.717, 1.165) is 24.0 Å². The maximum absolute atomic E-state index is 11.7. The van der Waals surface area contributed by atoms with Crippen molar-refractivity contribution >= 4 is 5.91 Å². The molecule has 1 aliphatic heterocycles. The Labute approximate surface area is 143 Å². The highest BCUT2D eigenvalue weighted by molar-refractivity contribution is 5.79. The van der Waals surface area contributed by atoms with E-state index in [1.165, 1.54) is 11.1 Å². The Balaban J connectivity index is 2.06. The molecule has 1 fully saturated rings. The molecular weight excluding hydrogens is 298 g/mol. The van der Waals surface area contributed by atoms with E-state index < -0.39 is 5.60 Å². The molecule has 3 heteroatoms. The van der Waals surface area contributed by atoms with Gasteiger partial charge in [-0.1, -0.05) is 62.4 Å². The van der Waals surface area contributed by atoms with Gasteiger partial charge in [0.05, 0.1) is 6.04 Å². The molecule has 1 saturated heterocycles. The lowest BCUT2D eigenvalue weighted by molar-refractivity contribution is -0.120. The average molecular weight is 323 g/mol. The lowest BCUT2D eigenvalue weighted by atomic mass is 9.79. The number of hydrogen-bond donors (Lipinski definition) is 2. The minimum atomic E-state index is -1.20. The number of amides is 1. The first-order chi connectivity index (χ1) is 11.6. The normalized spacial score (nSPS) is 17.8. The van der Waals surface area contributed by atoms with Crippen molar-refractivity contribution in [1.82, 2.24) is 5.32 Å². The van der Waals surface area contributed by atoms with Crippen molar-refractivity contribution in [3.63, 3.8) is 0 Å². The van der Waals surface area contributed by atoms with Gasteiger partial charge in [0, 0.05) is 6.42 Å². The molecule has 0 radical (unpaired) electrons. The number of rotatable bonds is 5. The fourth-order valence-corrected chi connectivity index (χ4v) is 3.49. The lowest BCUT2D eigenvalue weighted by Crippen LogP contribution is -2.47. The molecule has 0 spiro atoms. The van der Waals surface area contributed by atoms with Crippen molar-refractivity contribution in [3.8, 4) is 0 Å². The molecule has 1 aliphatic rings. The van der Waals surface area contributed by atoms with Crippen LogP contribution in [0.4, 0.5) is 0 Å². The van der Waals surface area contributed by atoms with Crippen LogP contribution in [0.1, 0.15) is 48.9 Å². The molecule has 0 unspecified atom stereocenters. The smallest absolute Gasteiger partial charge is 0.220 e. The van der Waals surface area contributed by atoms with E-state index in [-0.39, 0.29) is 11.9 Å². The summed E-state index contributed by atoms with van der Waals surface area (Å²) < 4.78 is 0. The predicted molar refractivity (Wildman–Crippen MR) is 95.8 cm³/mol. The molecule has 0 aliphatic carbocycles. The van der Waals surface area contributed by atoms with Gasteiger partial charge in [0.2, 0.25) is 5.91 Å². The van der Waals surface area contributed by atoms with E-state index >= 15 is 0 Å². The van der Waals surface area contributed by atoms with E-state index in [1.54, 1.807) is 0 Å². The molecule has 0 aromatic heterocycles. The van der Waals surface area contributed by atoms with Gasteiger partial charge in [-0.15, -0.1) is 0 Å². The summed E-state index contributed by atoms with van der Waals surface area (Å²) in [5, 5.41) is 14.6. The van der Waals surface area contributed by atoms with Crippen LogP contribution in [0.15, 0.2) is 48.5 Å². The highest BCUT2D eigenvalue weighted by Crippen LogP contribution is 2.37.